The molecular weight excluding hydrogens is 353 g/mol. The van der Waals surface area contributed by atoms with Gasteiger partial charge in [0.25, 0.3) is 0 Å². The maximum absolute atomic E-state index is 13.9. The fourth-order valence-electron chi connectivity index (χ4n) is 3.08. The molecule has 5 nitrogen and oxygen atoms in total. The summed E-state index contributed by atoms with van der Waals surface area (Å²) in [4.78, 5) is 12.0. The van der Waals surface area contributed by atoms with E-state index in [1.54, 1.807) is 18.5 Å². The number of thiazole rings is 1. The summed E-state index contributed by atoms with van der Waals surface area (Å²) in [5.41, 5.74) is 1.61. The Balaban J connectivity index is 1.66. The van der Waals surface area contributed by atoms with E-state index in [2.05, 4.69) is 14.9 Å². The van der Waals surface area contributed by atoms with Crippen LogP contribution in [0.15, 0.2) is 36.7 Å². The van der Waals surface area contributed by atoms with Gasteiger partial charge in [0.05, 0.1) is 12.0 Å². The van der Waals surface area contributed by atoms with E-state index in [-0.39, 0.29) is 5.75 Å². The molecule has 3 heterocycles. The molecule has 1 aromatic carbocycles. The molecule has 1 fully saturated rings. The molecule has 2 aromatic heterocycles. The highest BCUT2D eigenvalue weighted by Gasteiger charge is 2.16. The number of halogens is 1. The number of aromatic hydroxyl groups is 1. The minimum atomic E-state index is -0.713. The van der Waals surface area contributed by atoms with Crippen LogP contribution >= 0.6 is 11.3 Å². The summed E-state index contributed by atoms with van der Waals surface area (Å²) in [6, 6.07) is 6.88. The van der Waals surface area contributed by atoms with Gasteiger partial charge in [-0.2, -0.15) is 0 Å². The minimum Gasteiger partial charge on any atom is -0.502 e. The van der Waals surface area contributed by atoms with Crippen molar-refractivity contribution in [1.82, 2.24) is 9.97 Å². The Hall–Kier alpha value is -2.67. The lowest BCUT2D eigenvalue weighted by atomic mass is 10.1. The monoisotopic (exact) mass is 371 g/mol. The summed E-state index contributed by atoms with van der Waals surface area (Å²) in [7, 11) is 1.40. The lowest BCUT2D eigenvalue weighted by Gasteiger charge is -2.16. The first kappa shape index (κ1) is 16.8. The van der Waals surface area contributed by atoms with Crippen molar-refractivity contribution in [1.29, 1.82) is 0 Å². The van der Waals surface area contributed by atoms with Crippen LogP contribution in [0.2, 0.25) is 0 Å². The molecule has 4 rings (SSSR count). The second-order valence-corrected chi connectivity index (χ2v) is 7.17. The molecule has 0 atom stereocenters. The lowest BCUT2D eigenvalue weighted by Crippen LogP contribution is -2.18. The third-order valence-corrected chi connectivity index (χ3v) is 5.56. The smallest absolute Gasteiger partial charge is 0.194 e. The van der Waals surface area contributed by atoms with Crippen molar-refractivity contribution in [3.63, 3.8) is 0 Å². The third kappa shape index (κ3) is 3.10. The number of nitrogens with zero attached hydrogens (tertiary/aromatic N) is 3. The molecule has 0 unspecified atom stereocenters. The van der Waals surface area contributed by atoms with E-state index >= 15 is 0 Å². The number of benzene rings is 1. The van der Waals surface area contributed by atoms with Gasteiger partial charge in [0.2, 0.25) is 0 Å². The summed E-state index contributed by atoms with van der Waals surface area (Å²) < 4.78 is 18.9. The number of anilines is 1. The molecule has 0 saturated carbocycles. The van der Waals surface area contributed by atoms with Gasteiger partial charge in [-0.25, -0.2) is 14.4 Å². The topological polar surface area (TPSA) is 58.5 Å². The summed E-state index contributed by atoms with van der Waals surface area (Å²) >= 11 is 1.46. The Morgan fingerprint density at radius 1 is 1.15 bits per heavy atom. The predicted molar refractivity (Wildman–Crippen MR) is 100 cm³/mol. The fraction of sp³-hybridized carbons (Fsp3) is 0.263. The minimum absolute atomic E-state index is 0.107. The van der Waals surface area contributed by atoms with Crippen molar-refractivity contribution < 1.29 is 14.2 Å². The maximum atomic E-state index is 13.9. The highest BCUT2D eigenvalue weighted by atomic mass is 32.1. The molecule has 3 aromatic rings. The second kappa shape index (κ2) is 6.92. The van der Waals surface area contributed by atoms with E-state index in [9.17, 15) is 9.50 Å². The number of phenolic OH excluding ortho intramolecular Hbond substituents is 1. The quantitative estimate of drug-likeness (QED) is 0.740. The molecule has 0 amide bonds. The average molecular weight is 371 g/mol. The van der Waals surface area contributed by atoms with Gasteiger partial charge in [0, 0.05) is 36.6 Å². The van der Waals surface area contributed by atoms with Gasteiger partial charge >= 0.3 is 0 Å². The van der Waals surface area contributed by atoms with Crippen LogP contribution in [-0.2, 0) is 0 Å². The SMILES string of the molecule is COc1cc(-c2cnc(-c3ccnc(N4CCCC4)c3)s2)cc(F)c1O. The zero-order valence-electron chi connectivity index (χ0n) is 14.3. The highest BCUT2D eigenvalue weighted by Crippen LogP contribution is 2.38. The molecule has 0 aliphatic carbocycles. The Kier molecular flexibility index (Phi) is 4.46. The van der Waals surface area contributed by atoms with Crippen molar-refractivity contribution in [3.8, 4) is 32.5 Å². The van der Waals surface area contributed by atoms with Gasteiger partial charge in [0.15, 0.2) is 17.3 Å². The van der Waals surface area contributed by atoms with Crippen molar-refractivity contribution in [2.75, 3.05) is 25.1 Å². The number of ether oxygens (including phenoxy) is 1. The van der Waals surface area contributed by atoms with Gasteiger partial charge in [-0.15, -0.1) is 11.3 Å². The summed E-state index contributed by atoms with van der Waals surface area (Å²) in [6.45, 7) is 2.07. The molecule has 1 saturated heterocycles. The number of hydrogen-bond acceptors (Lipinski definition) is 6. The Labute approximate surface area is 154 Å². The summed E-state index contributed by atoms with van der Waals surface area (Å²) in [6.07, 6.45) is 5.90. The van der Waals surface area contributed by atoms with E-state index in [0.717, 1.165) is 34.4 Å². The number of rotatable bonds is 4. The van der Waals surface area contributed by atoms with Crippen LogP contribution in [0.3, 0.4) is 0 Å². The van der Waals surface area contributed by atoms with Gasteiger partial charge in [-0.3, -0.25) is 0 Å². The highest BCUT2D eigenvalue weighted by molar-refractivity contribution is 7.18. The Morgan fingerprint density at radius 3 is 2.73 bits per heavy atom. The summed E-state index contributed by atoms with van der Waals surface area (Å²) in [5.74, 6) is -0.121. The number of aromatic nitrogens is 2. The molecule has 7 heteroatoms. The van der Waals surface area contributed by atoms with E-state index in [1.807, 2.05) is 12.1 Å². The van der Waals surface area contributed by atoms with E-state index in [0.29, 0.717) is 5.56 Å². The van der Waals surface area contributed by atoms with Crippen LogP contribution in [0.1, 0.15) is 12.8 Å². The van der Waals surface area contributed by atoms with Crippen LogP contribution in [0.5, 0.6) is 11.5 Å². The van der Waals surface area contributed by atoms with Gasteiger partial charge in [-0.1, -0.05) is 0 Å². The van der Waals surface area contributed by atoms with Gasteiger partial charge in [-0.05, 0) is 37.1 Å². The normalized spacial score (nSPS) is 14.0. The van der Waals surface area contributed by atoms with Crippen LogP contribution in [0, 0.1) is 5.82 Å². The van der Waals surface area contributed by atoms with E-state index in [1.165, 1.54) is 37.4 Å². The molecular formula is C19H18FN3O2S. The molecule has 1 aliphatic rings. The van der Waals surface area contributed by atoms with E-state index in [4.69, 9.17) is 4.74 Å². The number of methoxy groups -OCH3 is 1. The zero-order chi connectivity index (χ0) is 18.1. The number of hydrogen-bond donors (Lipinski definition) is 1. The molecule has 134 valence electrons. The maximum Gasteiger partial charge on any atom is 0.194 e. The molecule has 0 radical (unpaired) electrons. The van der Waals surface area contributed by atoms with E-state index < -0.39 is 11.6 Å². The van der Waals surface area contributed by atoms with Crippen LogP contribution in [0.4, 0.5) is 10.2 Å². The van der Waals surface area contributed by atoms with Crippen LogP contribution in [-0.4, -0.2) is 35.3 Å². The molecule has 0 bridgehead atoms. The Morgan fingerprint density at radius 2 is 1.96 bits per heavy atom. The zero-order valence-corrected chi connectivity index (χ0v) is 15.1. The van der Waals surface area contributed by atoms with Crippen molar-refractivity contribution in [2.45, 2.75) is 12.8 Å². The largest absolute Gasteiger partial charge is 0.502 e. The number of pyridine rings is 1. The first-order valence-electron chi connectivity index (χ1n) is 8.40. The van der Waals surface area contributed by atoms with Crippen LogP contribution < -0.4 is 9.64 Å². The second-order valence-electron chi connectivity index (χ2n) is 6.14. The first-order chi connectivity index (χ1) is 12.7. The van der Waals surface area contributed by atoms with Crippen LogP contribution in [0.25, 0.3) is 21.0 Å². The molecule has 1 aliphatic heterocycles. The number of phenols is 1. The fourth-order valence-corrected chi connectivity index (χ4v) is 3.98. The standard InChI is InChI=1S/C19H18FN3O2S/c1-25-15-9-13(8-14(20)18(15)24)16-11-22-19(26-16)12-4-5-21-17(10-12)23-6-2-3-7-23/h4-5,8-11,24H,2-3,6-7H2,1H3. The lowest BCUT2D eigenvalue weighted by molar-refractivity contribution is 0.357. The molecule has 0 spiro atoms. The Bertz CT molecular complexity index is 938. The molecule has 1 N–H and O–H groups in total. The third-order valence-electron chi connectivity index (χ3n) is 4.46. The molecule has 26 heavy (non-hydrogen) atoms. The predicted octanol–water partition coefficient (Wildman–Crippen LogP) is 4.33. The van der Waals surface area contributed by atoms with Crippen molar-refractivity contribution >= 4 is 17.2 Å². The van der Waals surface area contributed by atoms with Gasteiger partial charge in [0.1, 0.15) is 10.8 Å². The average Bonchev–Trinajstić information content (AvgIpc) is 3.36. The van der Waals surface area contributed by atoms with Crippen molar-refractivity contribution in [3.05, 3.63) is 42.5 Å². The van der Waals surface area contributed by atoms with Crippen molar-refractivity contribution in [2.24, 2.45) is 0 Å². The first-order valence-corrected chi connectivity index (χ1v) is 9.21. The van der Waals surface area contributed by atoms with Gasteiger partial charge < -0.3 is 14.7 Å². The summed E-state index contributed by atoms with van der Waals surface area (Å²) in [5, 5.41) is 10.5.